The third kappa shape index (κ3) is 2.00. The Kier molecular flexibility index (Phi) is 2.99. The lowest BCUT2D eigenvalue weighted by molar-refractivity contribution is 0.457. The summed E-state index contributed by atoms with van der Waals surface area (Å²) in [5.74, 6) is 0.680. The fourth-order valence-corrected chi connectivity index (χ4v) is 3.61. The molecule has 1 saturated carbocycles. The Labute approximate surface area is 126 Å². The van der Waals surface area contributed by atoms with Crippen molar-refractivity contribution in [3.8, 4) is 6.07 Å². The normalized spacial score (nSPS) is 19.2. The second-order valence-electron chi connectivity index (χ2n) is 7.19. The molecule has 2 heteroatoms. The lowest BCUT2D eigenvalue weighted by Crippen LogP contribution is -2.08. The summed E-state index contributed by atoms with van der Waals surface area (Å²) in [6.45, 7) is 10.4. The maximum Gasteiger partial charge on any atom is 0.0998 e. The second-order valence-corrected chi connectivity index (χ2v) is 7.19. The van der Waals surface area contributed by atoms with Gasteiger partial charge in [0.25, 0.3) is 0 Å². The fraction of sp³-hybridized carbons (Fsp3) is 0.421. The average molecular weight is 278 g/mol. The minimum absolute atomic E-state index is 0.391. The van der Waals surface area contributed by atoms with E-state index in [1.165, 1.54) is 0 Å². The van der Waals surface area contributed by atoms with Crippen LogP contribution in [0, 0.1) is 28.1 Å². The first kappa shape index (κ1) is 13.9. The molecule has 2 nitrogen and oxygen atoms in total. The van der Waals surface area contributed by atoms with Crippen LogP contribution in [-0.4, -0.2) is 6.54 Å². The highest BCUT2D eigenvalue weighted by Crippen LogP contribution is 2.68. The van der Waals surface area contributed by atoms with Gasteiger partial charge in [0.2, 0.25) is 0 Å². The van der Waals surface area contributed by atoms with Crippen LogP contribution >= 0.6 is 0 Å². The van der Waals surface area contributed by atoms with Gasteiger partial charge in [-0.2, -0.15) is 5.26 Å². The van der Waals surface area contributed by atoms with Crippen LogP contribution in [0.5, 0.6) is 0 Å². The van der Waals surface area contributed by atoms with E-state index in [-0.39, 0.29) is 0 Å². The van der Waals surface area contributed by atoms with E-state index in [4.69, 9.17) is 0 Å². The van der Waals surface area contributed by atoms with Crippen molar-refractivity contribution in [2.24, 2.45) is 16.7 Å². The molecular formula is C19H22N2. The molecule has 0 heterocycles. The summed E-state index contributed by atoms with van der Waals surface area (Å²) < 4.78 is 0. The van der Waals surface area contributed by atoms with E-state index in [0.717, 1.165) is 28.6 Å². The molecular weight excluding hydrogens is 256 g/mol. The van der Waals surface area contributed by atoms with Crippen molar-refractivity contribution >= 4 is 16.5 Å². The standard InChI is InChI=1S/C19H22N2/c1-18(2)17(19(18,3)4)12-21-16-10-9-13(11-20)14-7-5-6-8-15(14)16/h5-10,17,21H,12H2,1-4H3. The monoisotopic (exact) mass is 278 g/mol. The van der Waals surface area contributed by atoms with Crippen molar-refractivity contribution < 1.29 is 0 Å². The number of hydrogen-bond acceptors (Lipinski definition) is 2. The van der Waals surface area contributed by atoms with Crippen LogP contribution in [0.3, 0.4) is 0 Å². The van der Waals surface area contributed by atoms with Crippen LogP contribution in [0.4, 0.5) is 5.69 Å². The summed E-state index contributed by atoms with van der Waals surface area (Å²) >= 11 is 0. The van der Waals surface area contributed by atoms with Gasteiger partial charge in [0.05, 0.1) is 11.6 Å². The molecule has 0 atom stereocenters. The van der Waals surface area contributed by atoms with Gasteiger partial charge in [-0.25, -0.2) is 0 Å². The van der Waals surface area contributed by atoms with Crippen LogP contribution in [-0.2, 0) is 0 Å². The summed E-state index contributed by atoms with van der Waals surface area (Å²) in [6.07, 6.45) is 0. The number of anilines is 1. The third-order valence-electron chi connectivity index (χ3n) is 5.86. The molecule has 108 valence electrons. The molecule has 21 heavy (non-hydrogen) atoms. The average Bonchev–Trinajstić information content (AvgIpc) is 2.86. The molecule has 0 unspecified atom stereocenters. The Balaban J connectivity index is 1.88. The largest absolute Gasteiger partial charge is 0.384 e. The number of benzene rings is 2. The highest BCUT2D eigenvalue weighted by atomic mass is 14.9. The molecule has 1 aliphatic rings. The molecule has 0 aliphatic heterocycles. The van der Waals surface area contributed by atoms with Crippen LogP contribution in [0.2, 0.25) is 0 Å². The first-order valence-electron chi connectivity index (χ1n) is 7.55. The van der Waals surface area contributed by atoms with Gasteiger partial charge in [-0.3, -0.25) is 0 Å². The Morgan fingerprint density at radius 3 is 2.19 bits per heavy atom. The van der Waals surface area contributed by atoms with Gasteiger partial charge in [0.1, 0.15) is 0 Å². The summed E-state index contributed by atoms with van der Waals surface area (Å²) in [7, 11) is 0. The number of nitrogens with zero attached hydrogens (tertiary/aromatic N) is 1. The van der Waals surface area contributed by atoms with Crippen LogP contribution in [0.25, 0.3) is 10.8 Å². The molecule has 0 aromatic heterocycles. The molecule has 3 rings (SSSR count). The van der Waals surface area contributed by atoms with Crippen LogP contribution in [0.1, 0.15) is 33.3 Å². The molecule has 1 fully saturated rings. The van der Waals surface area contributed by atoms with E-state index < -0.39 is 0 Å². The van der Waals surface area contributed by atoms with E-state index in [2.05, 4.69) is 45.1 Å². The Bertz CT molecular complexity index is 721. The lowest BCUT2D eigenvalue weighted by Gasteiger charge is -2.11. The molecule has 2 aromatic rings. The minimum atomic E-state index is 0.391. The highest BCUT2D eigenvalue weighted by Gasteiger charge is 2.63. The third-order valence-corrected chi connectivity index (χ3v) is 5.86. The second kappa shape index (κ2) is 4.49. The first-order chi connectivity index (χ1) is 9.89. The van der Waals surface area contributed by atoms with Crippen molar-refractivity contribution in [3.05, 3.63) is 42.0 Å². The molecule has 0 spiro atoms. The van der Waals surface area contributed by atoms with Crippen molar-refractivity contribution in [2.45, 2.75) is 27.7 Å². The van der Waals surface area contributed by atoms with Gasteiger partial charge < -0.3 is 5.32 Å². The SMILES string of the molecule is CC1(C)C(CNc2ccc(C#N)c3ccccc23)C1(C)C. The summed E-state index contributed by atoms with van der Waals surface area (Å²) in [4.78, 5) is 0. The fourth-order valence-electron chi connectivity index (χ4n) is 3.61. The van der Waals surface area contributed by atoms with Gasteiger partial charge in [0.15, 0.2) is 0 Å². The number of nitriles is 1. The highest BCUT2D eigenvalue weighted by molar-refractivity contribution is 5.97. The number of fused-ring (bicyclic) bond motifs is 1. The molecule has 0 bridgehead atoms. The minimum Gasteiger partial charge on any atom is -0.384 e. The van der Waals surface area contributed by atoms with Gasteiger partial charge >= 0.3 is 0 Å². The Hall–Kier alpha value is -2.01. The topological polar surface area (TPSA) is 35.8 Å². The van der Waals surface area contributed by atoms with Gasteiger partial charge in [-0.1, -0.05) is 52.0 Å². The predicted molar refractivity (Wildman–Crippen MR) is 88.2 cm³/mol. The van der Waals surface area contributed by atoms with Crippen molar-refractivity contribution in [3.63, 3.8) is 0 Å². The van der Waals surface area contributed by atoms with E-state index in [1.807, 2.05) is 30.3 Å². The lowest BCUT2D eigenvalue weighted by atomic mass is 10.0. The maximum atomic E-state index is 9.22. The zero-order valence-electron chi connectivity index (χ0n) is 13.2. The quantitative estimate of drug-likeness (QED) is 0.875. The molecule has 0 amide bonds. The molecule has 1 aliphatic carbocycles. The molecule has 0 saturated heterocycles. The van der Waals surface area contributed by atoms with Crippen LogP contribution < -0.4 is 5.32 Å². The number of nitrogens with one attached hydrogen (secondary N) is 1. The predicted octanol–water partition coefficient (Wildman–Crippen LogP) is 4.81. The number of hydrogen-bond donors (Lipinski definition) is 1. The zero-order chi connectivity index (χ0) is 15.3. The number of rotatable bonds is 3. The summed E-state index contributed by atoms with van der Waals surface area (Å²) in [5.41, 5.74) is 2.65. The van der Waals surface area contributed by atoms with Crippen molar-refractivity contribution in [1.82, 2.24) is 0 Å². The van der Waals surface area contributed by atoms with Crippen molar-refractivity contribution in [1.29, 1.82) is 5.26 Å². The molecule has 1 N–H and O–H groups in total. The Morgan fingerprint density at radius 1 is 1.00 bits per heavy atom. The molecule has 0 radical (unpaired) electrons. The van der Waals surface area contributed by atoms with Gasteiger partial charge in [0, 0.05) is 23.0 Å². The first-order valence-corrected chi connectivity index (χ1v) is 7.55. The van der Waals surface area contributed by atoms with E-state index in [1.54, 1.807) is 0 Å². The van der Waals surface area contributed by atoms with Crippen LogP contribution in [0.15, 0.2) is 36.4 Å². The zero-order valence-corrected chi connectivity index (χ0v) is 13.2. The van der Waals surface area contributed by atoms with E-state index >= 15 is 0 Å². The maximum absolute atomic E-state index is 9.22. The summed E-state index contributed by atoms with van der Waals surface area (Å²) in [6, 6.07) is 14.3. The smallest absolute Gasteiger partial charge is 0.0998 e. The van der Waals surface area contributed by atoms with E-state index in [9.17, 15) is 5.26 Å². The summed E-state index contributed by atoms with van der Waals surface area (Å²) in [5, 5.41) is 15.0. The molecule has 2 aromatic carbocycles. The van der Waals surface area contributed by atoms with Gasteiger partial charge in [-0.15, -0.1) is 0 Å². The van der Waals surface area contributed by atoms with Crippen molar-refractivity contribution in [2.75, 3.05) is 11.9 Å². The Morgan fingerprint density at radius 2 is 1.62 bits per heavy atom. The van der Waals surface area contributed by atoms with Gasteiger partial charge in [-0.05, 0) is 28.9 Å². The van der Waals surface area contributed by atoms with E-state index in [0.29, 0.717) is 16.7 Å².